The molecule has 0 saturated carbocycles. The van der Waals surface area contributed by atoms with Gasteiger partial charge in [-0.3, -0.25) is 20.2 Å². The monoisotopic (exact) mass is 783 g/mol. The van der Waals surface area contributed by atoms with Crippen LogP contribution in [-0.4, -0.2) is 23.1 Å². The molecular weight excluding hydrogens is 748 g/mol. The van der Waals surface area contributed by atoms with E-state index in [9.17, 15) is 29.0 Å². The average molecular weight is 784 g/mol. The van der Waals surface area contributed by atoms with E-state index in [-0.39, 0.29) is 11.1 Å². The quantitative estimate of drug-likeness (QED) is 0.0976. The van der Waals surface area contributed by atoms with Gasteiger partial charge < -0.3 is 10.5 Å². The van der Waals surface area contributed by atoms with Crippen molar-refractivity contribution in [2.45, 2.75) is 12.8 Å². The van der Waals surface area contributed by atoms with Gasteiger partial charge in [0.25, 0.3) is 0 Å². The molecule has 0 unspecified atom stereocenters. The number of halogens is 3. The number of nitro groups is 2. The summed E-state index contributed by atoms with van der Waals surface area (Å²) in [4.78, 5) is 20.7. The molecule has 0 radical (unpaired) electrons. The van der Waals surface area contributed by atoms with Gasteiger partial charge in [-0.05, 0) is 58.4 Å². The topological polar surface area (TPSA) is 122 Å². The Kier molecular flexibility index (Phi) is 13.1. The highest BCUT2D eigenvalue weighted by Gasteiger charge is 2.22. The van der Waals surface area contributed by atoms with Crippen molar-refractivity contribution in [3.63, 3.8) is 0 Å². The lowest BCUT2D eigenvalue weighted by atomic mass is 9.89. The van der Waals surface area contributed by atoms with Crippen LogP contribution in [0.1, 0.15) is 12.8 Å². The van der Waals surface area contributed by atoms with Gasteiger partial charge >= 0.3 is 11.4 Å². The number of nitrogens with two attached hydrogens (primary N) is 1. The number of benzene rings is 7. The van der Waals surface area contributed by atoms with Gasteiger partial charge in [0.1, 0.15) is 0 Å². The number of anilines is 1. The molecule has 1 heterocycles. The molecule has 0 aromatic heterocycles. The van der Waals surface area contributed by atoms with E-state index in [0.29, 0.717) is 21.8 Å². The van der Waals surface area contributed by atoms with E-state index in [4.69, 9.17) is 22.1 Å². The second-order valence-corrected chi connectivity index (χ2v) is 13.2. The van der Waals surface area contributed by atoms with Gasteiger partial charge in [0.05, 0.1) is 9.85 Å². The molecule has 8 nitrogen and oxygen atoms in total. The molecule has 1 fully saturated rings. The number of nitrogens with zero attached hydrogens (tertiary/aromatic N) is 2. The SMILES string of the molecule is C1CCOC1.Nc1ccccc1-c1ccccc1-c1ccccc1-c1cccc([N+](=O)[O-])c1F.O=[N+]([O-])c1cccc(-c2ccccc2-c2ccccc2Cl)c1F. The smallest absolute Gasteiger partial charge is 0.305 e. The van der Waals surface area contributed by atoms with Gasteiger partial charge in [-0.25, -0.2) is 0 Å². The molecule has 8 rings (SSSR count). The van der Waals surface area contributed by atoms with Crippen LogP contribution in [0.5, 0.6) is 0 Å². The Morgan fingerprint density at radius 1 is 0.456 bits per heavy atom. The van der Waals surface area contributed by atoms with Crippen molar-refractivity contribution in [1.29, 1.82) is 0 Å². The normalized spacial score (nSPS) is 11.8. The summed E-state index contributed by atoms with van der Waals surface area (Å²) < 4.78 is 34.4. The van der Waals surface area contributed by atoms with Crippen molar-refractivity contribution in [3.8, 4) is 55.6 Å². The van der Waals surface area contributed by atoms with Crippen LogP contribution in [0, 0.1) is 31.9 Å². The highest BCUT2D eigenvalue weighted by atomic mass is 35.5. The van der Waals surface area contributed by atoms with Crippen LogP contribution in [0.15, 0.2) is 158 Å². The third-order valence-corrected chi connectivity index (χ3v) is 9.57. The third-order valence-electron chi connectivity index (χ3n) is 9.24. The first kappa shape index (κ1) is 39.9. The minimum atomic E-state index is -0.850. The van der Waals surface area contributed by atoms with Crippen LogP contribution in [0.4, 0.5) is 25.8 Å². The summed E-state index contributed by atoms with van der Waals surface area (Å²) >= 11 is 6.24. The fourth-order valence-electron chi connectivity index (χ4n) is 6.53. The minimum Gasteiger partial charge on any atom is -0.398 e. The van der Waals surface area contributed by atoms with Crippen molar-refractivity contribution < 1.29 is 23.4 Å². The molecule has 1 saturated heterocycles. The Bertz CT molecular complexity index is 2540. The molecule has 0 bridgehead atoms. The number of hydrogen-bond acceptors (Lipinski definition) is 6. The molecule has 0 atom stereocenters. The second kappa shape index (κ2) is 18.7. The molecule has 2 N–H and O–H groups in total. The van der Waals surface area contributed by atoms with Gasteiger partial charge in [0.2, 0.25) is 11.6 Å². The van der Waals surface area contributed by atoms with Gasteiger partial charge in [-0.1, -0.05) is 145 Å². The number of ether oxygens (including phenoxy) is 1. The first-order chi connectivity index (χ1) is 27.7. The van der Waals surface area contributed by atoms with Crippen molar-refractivity contribution in [2.24, 2.45) is 0 Å². The molecule has 1 aliphatic rings. The highest BCUT2D eigenvalue weighted by molar-refractivity contribution is 6.33. The van der Waals surface area contributed by atoms with Gasteiger partial charge in [-0.15, -0.1) is 0 Å². The Labute approximate surface area is 333 Å². The number of hydrogen-bond donors (Lipinski definition) is 1. The summed E-state index contributed by atoms with van der Waals surface area (Å²) in [6, 6.07) is 45.3. The third kappa shape index (κ3) is 9.21. The summed E-state index contributed by atoms with van der Waals surface area (Å²) in [6.07, 6.45) is 2.56. The molecule has 7 aromatic carbocycles. The summed E-state index contributed by atoms with van der Waals surface area (Å²) in [5, 5.41) is 22.7. The fourth-order valence-corrected chi connectivity index (χ4v) is 6.77. The first-order valence-electron chi connectivity index (χ1n) is 18.0. The molecule has 286 valence electrons. The maximum Gasteiger partial charge on any atom is 0.305 e. The van der Waals surface area contributed by atoms with Crippen LogP contribution >= 0.6 is 11.6 Å². The van der Waals surface area contributed by atoms with E-state index in [0.717, 1.165) is 52.7 Å². The van der Waals surface area contributed by atoms with E-state index in [1.54, 1.807) is 36.4 Å². The second-order valence-electron chi connectivity index (χ2n) is 12.8. The van der Waals surface area contributed by atoms with Crippen LogP contribution in [0.25, 0.3) is 55.6 Å². The van der Waals surface area contributed by atoms with Crippen molar-refractivity contribution in [3.05, 3.63) is 195 Å². The predicted octanol–water partition coefficient (Wildman–Crippen LogP) is 12.8. The van der Waals surface area contributed by atoms with Crippen molar-refractivity contribution >= 4 is 28.7 Å². The molecule has 7 aromatic rings. The zero-order valence-electron chi connectivity index (χ0n) is 30.5. The van der Waals surface area contributed by atoms with Crippen LogP contribution in [0.3, 0.4) is 0 Å². The van der Waals surface area contributed by atoms with E-state index >= 15 is 0 Å². The summed E-state index contributed by atoms with van der Waals surface area (Å²) in [5.74, 6) is -1.70. The summed E-state index contributed by atoms with van der Waals surface area (Å²) in [5.41, 5.74) is 12.1. The Morgan fingerprint density at radius 3 is 1.14 bits per heavy atom. The molecule has 0 amide bonds. The minimum absolute atomic E-state index is 0.176. The van der Waals surface area contributed by atoms with E-state index in [1.165, 1.54) is 37.1 Å². The fraction of sp³-hybridized carbons (Fsp3) is 0.0870. The average Bonchev–Trinajstić information content (AvgIpc) is 3.83. The summed E-state index contributed by atoms with van der Waals surface area (Å²) in [6.45, 7) is 2.00. The van der Waals surface area contributed by atoms with E-state index in [1.807, 2.05) is 91.0 Å². The zero-order valence-corrected chi connectivity index (χ0v) is 31.2. The predicted molar refractivity (Wildman–Crippen MR) is 223 cm³/mol. The van der Waals surface area contributed by atoms with Crippen LogP contribution in [-0.2, 0) is 4.74 Å². The molecule has 11 heteroatoms. The molecular formula is C46H36ClF2N3O5. The van der Waals surface area contributed by atoms with Crippen molar-refractivity contribution in [1.82, 2.24) is 0 Å². The highest BCUT2D eigenvalue weighted by Crippen LogP contribution is 2.42. The molecule has 57 heavy (non-hydrogen) atoms. The first-order valence-corrected chi connectivity index (χ1v) is 18.4. The molecule has 0 aliphatic carbocycles. The number of nitrogen functional groups attached to an aromatic ring is 1. The van der Waals surface area contributed by atoms with E-state index < -0.39 is 32.9 Å². The van der Waals surface area contributed by atoms with Gasteiger partial charge in [-0.2, -0.15) is 8.78 Å². The summed E-state index contributed by atoms with van der Waals surface area (Å²) in [7, 11) is 0. The van der Waals surface area contributed by atoms with Crippen LogP contribution < -0.4 is 5.73 Å². The maximum atomic E-state index is 14.9. The van der Waals surface area contributed by atoms with Crippen LogP contribution in [0.2, 0.25) is 5.02 Å². The van der Waals surface area contributed by atoms with Gasteiger partial charge in [0.15, 0.2) is 0 Å². The lowest BCUT2D eigenvalue weighted by Crippen LogP contribution is -1.96. The molecule has 1 aliphatic heterocycles. The lowest BCUT2D eigenvalue weighted by Gasteiger charge is -2.16. The Morgan fingerprint density at radius 2 is 0.772 bits per heavy atom. The largest absolute Gasteiger partial charge is 0.398 e. The number of rotatable bonds is 7. The number of para-hydroxylation sites is 1. The maximum absolute atomic E-state index is 14.9. The van der Waals surface area contributed by atoms with E-state index in [2.05, 4.69) is 0 Å². The number of nitro benzene ring substituents is 2. The zero-order chi connectivity index (χ0) is 40.3. The molecule has 0 spiro atoms. The Balaban J connectivity index is 0.000000175. The standard InChI is InChI=1S/C24H17FN2O2.C18H11ClFNO2.C4H8O/c25-24-21(13-7-15-23(24)27(28)29)19-11-4-2-9-17(19)16-8-1-3-10-18(16)20-12-5-6-14-22(20)26;19-16-10-4-3-8-14(16)12-6-1-2-7-13(12)15-9-5-11-17(18(15)20)21(22)23;1-2-4-5-3-1/h1-15H,26H2;1-11H;1-4H2. The Hall–Kier alpha value is -6.75. The van der Waals surface area contributed by atoms with Gasteiger partial charge in [0, 0.05) is 58.3 Å². The lowest BCUT2D eigenvalue weighted by molar-refractivity contribution is -0.387. The van der Waals surface area contributed by atoms with Crippen molar-refractivity contribution in [2.75, 3.05) is 18.9 Å².